The Hall–Kier alpha value is -2.54. The van der Waals surface area contributed by atoms with E-state index in [4.69, 9.17) is 0 Å². The van der Waals surface area contributed by atoms with Gasteiger partial charge >= 0.3 is 5.69 Å². The molecule has 0 saturated heterocycles. The zero-order valence-corrected chi connectivity index (χ0v) is 17.0. The van der Waals surface area contributed by atoms with Gasteiger partial charge in [0.25, 0.3) is 5.56 Å². The summed E-state index contributed by atoms with van der Waals surface area (Å²) in [4.78, 5) is 25.7. The predicted molar refractivity (Wildman–Crippen MR) is 108 cm³/mol. The van der Waals surface area contributed by atoms with Crippen LogP contribution in [0.25, 0.3) is 0 Å². The Morgan fingerprint density at radius 1 is 0.964 bits per heavy atom. The molecule has 7 heteroatoms. The largest absolute Gasteiger partial charge is 0.331 e. The summed E-state index contributed by atoms with van der Waals surface area (Å²) in [6.45, 7) is 3.33. The Labute approximate surface area is 169 Å². The lowest BCUT2D eigenvalue weighted by Crippen LogP contribution is -2.42. The van der Waals surface area contributed by atoms with Gasteiger partial charge in [0.1, 0.15) is 16.1 Å². The Kier molecular flexibility index (Phi) is 5.93. The van der Waals surface area contributed by atoms with Gasteiger partial charge in [0.15, 0.2) is 0 Å². The summed E-state index contributed by atoms with van der Waals surface area (Å²) in [6, 6.07) is 13.1. The second-order valence-corrected chi connectivity index (χ2v) is 7.49. The first-order valence-electron chi connectivity index (χ1n) is 8.78. The molecule has 2 aromatic carbocycles. The molecule has 0 amide bonds. The van der Waals surface area contributed by atoms with E-state index in [0.29, 0.717) is 5.69 Å². The minimum atomic E-state index is -0.738. The van der Waals surface area contributed by atoms with Crippen molar-refractivity contribution in [3.05, 3.63) is 102 Å². The van der Waals surface area contributed by atoms with Crippen LogP contribution in [0.15, 0.2) is 62.6 Å². The summed E-state index contributed by atoms with van der Waals surface area (Å²) in [7, 11) is 0. The summed E-state index contributed by atoms with van der Waals surface area (Å²) >= 11 is 3.23. The van der Waals surface area contributed by atoms with Crippen molar-refractivity contribution in [2.75, 3.05) is 0 Å². The molecule has 1 atom stereocenters. The average molecular weight is 449 g/mol. The molecule has 0 radical (unpaired) electrons. The minimum absolute atomic E-state index is 0.0974. The first-order valence-corrected chi connectivity index (χ1v) is 9.58. The number of rotatable bonds is 5. The zero-order valence-electron chi connectivity index (χ0n) is 15.5. The van der Waals surface area contributed by atoms with Gasteiger partial charge < -0.3 is 0 Å². The molecule has 0 fully saturated rings. The van der Waals surface area contributed by atoms with Crippen LogP contribution in [-0.2, 0) is 13.1 Å². The van der Waals surface area contributed by atoms with Gasteiger partial charge in [0, 0.05) is 17.8 Å². The molecule has 0 N–H and O–H groups in total. The maximum atomic E-state index is 14.1. The van der Waals surface area contributed by atoms with Crippen LogP contribution in [0.2, 0.25) is 0 Å². The SMILES string of the molecule is Cc1c(Br)c(=O)n(C[C@H](C)c2ccccc2)c(=O)n1Cc1c(F)cccc1F. The number of hydrogen-bond acceptors (Lipinski definition) is 2. The fraction of sp³-hybridized carbons (Fsp3) is 0.238. The van der Waals surface area contributed by atoms with Gasteiger partial charge in [-0.15, -0.1) is 0 Å². The van der Waals surface area contributed by atoms with Crippen LogP contribution in [0.4, 0.5) is 8.78 Å². The third kappa shape index (κ3) is 3.85. The highest BCUT2D eigenvalue weighted by atomic mass is 79.9. The van der Waals surface area contributed by atoms with Crippen molar-refractivity contribution in [2.24, 2.45) is 0 Å². The van der Waals surface area contributed by atoms with Crippen LogP contribution < -0.4 is 11.2 Å². The molecule has 0 aliphatic carbocycles. The molecule has 28 heavy (non-hydrogen) atoms. The summed E-state index contributed by atoms with van der Waals surface area (Å²) in [5, 5.41) is 0. The van der Waals surface area contributed by atoms with Gasteiger partial charge in [-0.2, -0.15) is 0 Å². The Balaban J connectivity index is 2.08. The fourth-order valence-corrected chi connectivity index (χ4v) is 3.55. The molecule has 146 valence electrons. The monoisotopic (exact) mass is 448 g/mol. The lowest BCUT2D eigenvalue weighted by molar-refractivity contribution is 0.496. The van der Waals surface area contributed by atoms with E-state index in [2.05, 4.69) is 15.9 Å². The molecule has 0 spiro atoms. The average Bonchev–Trinajstić information content (AvgIpc) is 2.69. The lowest BCUT2D eigenvalue weighted by atomic mass is 10.0. The van der Waals surface area contributed by atoms with E-state index in [1.54, 1.807) is 6.92 Å². The van der Waals surface area contributed by atoms with Crippen LogP contribution in [0.5, 0.6) is 0 Å². The number of aromatic nitrogens is 2. The van der Waals surface area contributed by atoms with Crippen LogP contribution >= 0.6 is 15.9 Å². The Morgan fingerprint density at radius 2 is 1.57 bits per heavy atom. The number of benzene rings is 2. The van der Waals surface area contributed by atoms with Gasteiger partial charge in [-0.3, -0.25) is 13.9 Å². The first kappa shape index (κ1) is 20.2. The van der Waals surface area contributed by atoms with Gasteiger partial charge in [0.2, 0.25) is 0 Å². The topological polar surface area (TPSA) is 44.0 Å². The molecule has 3 rings (SSSR count). The molecule has 1 aromatic heterocycles. The minimum Gasteiger partial charge on any atom is -0.292 e. The zero-order chi connectivity index (χ0) is 20.4. The quantitative estimate of drug-likeness (QED) is 0.586. The summed E-state index contributed by atoms with van der Waals surface area (Å²) in [5.41, 5.74) is 0.0195. The van der Waals surface area contributed by atoms with Gasteiger partial charge in [-0.1, -0.05) is 43.3 Å². The molecular formula is C21H19BrF2N2O2. The molecule has 0 saturated carbocycles. The second kappa shape index (κ2) is 8.22. The predicted octanol–water partition coefficient (Wildman–Crippen LogP) is 4.21. The first-order chi connectivity index (χ1) is 13.3. The summed E-state index contributed by atoms with van der Waals surface area (Å²) < 4.78 is 30.7. The van der Waals surface area contributed by atoms with Crippen molar-refractivity contribution in [2.45, 2.75) is 32.9 Å². The van der Waals surface area contributed by atoms with E-state index in [0.717, 1.165) is 22.3 Å². The molecule has 1 heterocycles. The summed E-state index contributed by atoms with van der Waals surface area (Å²) in [5.74, 6) is -1.57. The third-order valence-corrected chi connectivity index (χ3v) is 5.73. The van der Waals surface area contributed by atoms with E-state index in [9.17, 15) is 18.4 Å². The van der Waals surface area contributed by atoms with Crippen LogP contribution in [0, 0.1) is 18.6 Å². The van der Waals surface area contributed by atoms with Crippen molar-refractivity contribution in [3.8, 4) is 0 Å². The normalized spacial score (nSPS) is 12.2. The van der Waals surface area contributed by atoms with Crippen molar-refractivity contribution in [3.63, 3.8) is 0 Å². The lowest BCUT2D eigenvalue weighted by Gasteiger charge is -2.18. The second-order valence-electron chi connectivity index (χ2n) is 6.70. The number of nitrogens with zero attached hydrogens (tertiary/aromatic N) is 2. The van der Waals surface area contributed by atoms with Crippen LogP contribution in [0.3, 0.4) is 0 Å². The maximum Gasteiger partial charge on any atom is 0.331 e. The smallest absolute Gasteiger partial charge is 0.292 e. The number of hydrogen-bond donors (Lipinski definition) is 0. The molecular weight excluding hydrogens is 430 g/mol. The molecule has 0 aliphatic heterocycles. The van der Waals surface area contributed by atoms with Crippen molar-refractivity contribution >= 4 is 15.9 Å². The van der Waals surface area contributed by atoms with Gasteiger partial charge in [-0.25, -0.2) is 13.6 Å². The Bertz CT molecular complexity index is 1100. The third-order valence-electron chi connectivity index (χ3n) is 4.82. The molecule has 0 bridgehead atoms. The molecule has 0 aliphatic rings. The van der Waals surface area contributed by atoms with Gasteiger partial charge in [0.05, 0.1) is 6.54 Å². The fourth-order valence-electron chi connectivity index (χ4n) is 3.12. The maximum absolute atomic E-state index is 14.1. The van der Waals surface area contributed by atoms with E-state index in [1.807, 2.05) is 37.3 Å². The summed E-state index contributed by atoms with van der Waals surface area (Å²) in [6.07, 6.45) is 0. The molecule has 3 aromatic rings. The van der Waals surface area contributed by atoms with E-state index in [1.165, 1.54) is 10.6 Å². The molecule has 0 unspecified atom stereocenters. The van der Waals surface area contributed by atoms with Crippen molar-refractivity contribution in [1.29, 1.82) is 0 Å². The van der Waals surface area contributed by atoms with Gasteiger partial charge in [-0.05, 0) is 46.5 Å². The highest BCUT2D eigenvalue weighted by Crippen LogP contribution is 2.18. The van der Waals surface area contributed by atoms with Crippen LogP contribution in [-0.4, -0.2) is 9.13 Å². The highest BCUT2D eigenvalue weighted by molar-refractivity contribution is 9.10. The standard InChI is InChI=1S/C21H19BrF2N2O2/c1-13(15-7-4-3-5-8-15)11-26-20(27)19(22)14(2)25(21(26)28)12-16-17(23)9-6-10-18(16)24/h3-10,13H,11-12H2,1-2H3/t13-/m0/s1. The van der Waals surface area contributed by atoms with E-state index >= 15 is 0 Å². The van der Waals surface area contributed by atoms with Crippen molar-refractivity contribution in [1.82, 2.24) is 9.13 Å². The number of halogens is 3. The van der Waals surface area contributed by atoms with Crippen molar-refractivity contribution < 1.29 is 8.78 Å². The van der Waals surface area contributed by atoms with E-state index in [-0.39, 0.29) is 29.0 Å². The Morgan fingerprint density at radius 3 is 2.18 bits per heavy atom. The molecule has 4 nitrogen and oxygen atoms in total. The van der Waals surface area contributed by atoms with Crippen LogP contribution in [0.1, 0.15) is 29.7 Å². The highest BCUT2D eigenvalue weighted by Gasteiger charge is 2.19. The van der Waals surface area contributed by atoms with E-state index < -0.39 is 22.9 Å².